The van der Waals surface area contributed by atoms with Crippen LogP contribution in [0.1, 0.15) is 17.3 Å². The van der Waals surface area contributed by atoms with Gasteiger partial charge in [0.15, 0.2) is 0 Å². The maximum Gasteiger partial charge on any atom is 0.255 e. The number of amides is 1. The highest BCUT2D eigenvalue weighted by atomic mass is 32.2. The predicted octanol–water partition coefficient (Wildman–Crippen LogP) is 2.39. The molecule has 0 fully saturated rings. The van der Waals surface area contributed by atoms with E-state index in [4.69, 9.17) is 4.74 Å². The van der Waals surface area contributed by atoms with Gasteiger partial charge in [0, 0.05) is 18.7 Å². The molecule has 2 N–H and O–H groups in total. The Morgan fingerprint density at radius 3 is 2.40 bits per heavy atom. The van der Waals surface area contributed by atoms with Gasteiger partial charge >= 0.3 is 0 Å². The minimum atomic E-state index is -3.71. The highest BCUT2D eigenvalue weighted by Crippen LogP contribution is 2.16. The van der Waals surface area contributed by atoms with Gasteiger partial charge in [0.2, 0.25) is 10.0 Å². The smallest absolute Gasteiger partial charge is 0.255 e. The molecule has 0 aliphatic carbocycles. The Morgan fingerprint density at radius 2 is 1.80 bits per heavy atom. The molecule has 8 heteroatoms. The van der Waals surface area contributed by atoms with Crippen LogP contribution in [-0.4, -0.2) is 34.1 Å². The molecule has 0 spiro atoms. The van der Waals surface area contributed by atoms with E-state index in [1.54, 1.807) is 13.0 Å². The average molecular weight is 366 g/mol. The van der Waals surface area contributed by atoms with Gasteiger partial charge in [-0.15, -0.1) is 0 Å². The maximum atomic E-state index is 13.6. The summed E-state index contributed by atoms with van der Waals surface area (Å²) < 4.78 is 45.4. The number of halogens is 1. The van der Waals surface area contributed by atoms with Crippen LogP contribution >= 0.6 is 0 Å². The SMILES string of the molecule is COC[C@H](C)NS(=O)(=O)c1ccc(C(=O)Nc2ccccc2F)cc1. The zero-order valence-corrected chi connectivity index (χ0v) is 14.6. The Labute approximate surface area is 146 Å². The van der Waals surface area contributed by atoms with Crippen LogP contribution in [0.4, 0.5) is 10.1 Å². The van der Waals surface area contributed by atoms with Crippen LogP contribution in [0.15, 0.2) is 53.4 Å². The number of hydrogen-bond donors (Lipinski definition) is 2. The molecular weight excluding hydrogens is 347 g/mol. The lowest BCUT2D eigenvalue weighted by Crippen LogP contribution is -2.35. The Kier molecular flexibility index (Phi) is 6.24. The molecule has 0 saturated carbocycles. The van der Waals surface area contributed by atoms with Crippen molar-refractivity contribution in [3.8, 4) is 0 Å². The molecule has 0 saturated heterocycles. The highest BCUT2D eigenvalue weighted by Gasteiger charge is 2.18. The van der Waals surface area contributed by atoms with E-state index < -0.39 is 21.7 Å². The first-order valence-electron chi connectivity index (χ1n) is 7.50. The summed E-state index contributed by atoms with van der Waals surface area (Å²) in [5.41, 5.74) is 0.270. The third kappa shape index (κ3) is 5.09. The summed E-state index contributed by atoms with van der Waals surface area (Å²) in [5, 5.41) is 2.44. The number of para-hydroxylation sites is 1. The monoisotopic (exact) mass is 366 g/mol. The third-order valence-electron chi connectivity index (χ3n) is 3.32. The fourth-order valence-corrected chi connectivity index (χ4v) is 3.39. The molecule has 0 aromatic heterocycles. The van der Waals surface area contributed by atoms with Crippen LogP contribution in [0.3, 0.4) is 0 Å². The van der Waals surface area contributed by atoms with Gasteiger partial charge in [0.1, 0.15) is 5.82 Å². The van der Waals surface area contributed by atoms with Gasteiger partial charge in [-0.2, -0.15) is 0 Å². The summed E-state index contributed by atoms with van der Waals surface area (Å²) >= 11 is 0. The van der Waals surface area contributed by atoms with E-state index in [2.05, 4.69) is 10.0 Å². The van der Waals surface area contributed by atoms with Gasteiger partial charge in [-0.05, 0) is 43.3 Å². The van der Waals surface area contributed by atoms with Crippen LogP contribution in [0.5, 0.6) is 0 Å². The molecule has 0 aliphatic heterocycles. The molecule has 0 bridgehead atoms. The summed E-state index contributed by atoms with van der Waals surface area (Å²) in [5.74, 6) is -1.08. The number of nitrogens with one attached hydrogen (secondary N) is 2. The van der Waals surface area contributed by atoms with Gasteiger partial charge in [-0.25, -0.2) is 17.5 Å². The first-order chi connectivity index (χ1) is 11.8. The lowest BCUT2D eigenvalue weighted by atomic mass is 10.2. The molecule has 6 nitrogen and oxygen atoms in total. The zero-order chi connectivity index (χ0) is 18.4. The van der Waals surface area contributed by atoms with Crippen molar-refractivity contribution >= 4 is 21.6 Å². The second-order valence-corrected chi connectivity index (χ2v) is 7.15. The number of benzene rings is 2. The molecule has 2 aromatic carbocycles. The summed E-state index contributed by atoms with van der Waals surface area (Å²) in [6, 6.07) is 10.8. The number of ether oxygens (including phenoxy) is 1. The van der Waals surface area contributed by atoms with E-state index in [9.17, 15) is 17.6 Å². The second-order valence-electron chi connectivity index (χ2n) is 5.44. The van der Waals surface area contributed by atoms with E-state index in [1.165, 1.54) is 49.6 Å². The van der Waals surface area contributed by atoms with Crippen LogP contribution in [0.25, 0.3) is 0 Å². The fraction of sp³-hybridized carbons (Fsp3) is 0.235. The molecular formula is C17H19FN2O4S. The van der Waals surface area contributed by atoms with E-state index in [1.807, 2.05) is 0 Å². The van der Waals surface area contributed by atoms with Crippen LogP contribution in [0.2, 0.25) is 0 Å². The quantitative estimate of drug-likeness (QED) is 0.788. The molecule has 25 heavy (non-hydrogen) atoms. The minimum Gasteiger partial charge on any atom is -0.383 e. The Hall–Kier alpha value is -2.29. The number of carbonyl (C=O) groups excluding carboxylic acids is 1. The zero-order valence-electron chi connectivity index (χ0n) is 13.8. The van der Waals surface area contributed by atoms with Crippen LogP contribution in [0, 0.1) is 5.82 Å². The standard InChI is InChI=1S/C17H19FN2O4S/c1-12(11-24-2)20-25(22,23)14-9-7-13(8-10-14)17(21)19-16-6-4-3-5-15(16)18/h3-10,12,20H,11H2,1-2H3,(H,19,21)/t12-/m0/s1. The summed E-state index contributed by atoms with van der Waals surface area (Å²) in [6.07, 6.45) is 0. The van der Waals surface area contributed by atoms with Crippen molar-refractivity contribution < 1.29 is 22.3 Å². The molecule has 1 amide bonds. The van der Waals surface area contributed by atoms with Gasteiger partial charge in [-0.3, -0.25) is 4.79 Å². The number of hydrogen-bond acceptors (Lipinski definition) is 4. The van der Waals surface area contributed by atoms with Gasteiger partial charge in [-0.1, -0.05) is 12.1 Å². The molecule has 2 rings (SSSR count). The van der Waals surface area contributed by atoms with E-state index in [0.717, 1.165) is 0 Å². The summed E-state index contributed by atoms with van der Waals surface area (Å²) in [7, 11) is -2.23. The maximum absolute atomic E-state index is 13.6. The number of carbonyl (C=O) groups is 1. The fourth-order valence-electron chi connectivity index (χ4n) is 2.16. The summed E-state index contributed by atoms with van der Waals surface area (Å²) in [4.78, 5) is 12.2. The lowest BCUT2D eigenvalue weighted by molar-refractivity contribution is 0.102. The number of sulfonamides is 1. The average Bonchev–Trinajstić information content (AvgIpc) is 2.57. The van der Waals surface area contributed by atoms with E-state index in [-0.39, 0.29) is 28.8 Å². The normalized spacial score (nSPS) is 12.6. The van der Waals surface area contributed by atoms with Crippen molar-refractivity contribution in [1.82, 2.24) is 4.72 Å². The van der Waals surface area contributed by atoms with Crippen LogP contribution < -0.4 is 10.0 Å². The molecule has 134 valence electrons. The van der Waals surface area contributed by atoms with Crippen molar-refractivity contribution in [2.45, 2.75) is 17.9 Å². The number of methoxy groups -OCH3 is 1. The first kappa shape index (κ1) is 19.0. The lowest BCUT2D eigenvalue weighted by Gasteiger charge is -2.13. The van der Waals surface area contributed by atoms with E-state index >= 15 is 0 Å². The van der Waals surface area contributed by atoms with Crippen molar-refractivity contribution in [2.75, 3.05) is 19.0 Å². The van der Waals surface area contributed by atoms with Gasteiger partial charge in [0.05, 0.1) is 17.2 Å². The predicted molar refractivity (Wildman–Crippen MR) is 92.5 cm³/mol. The first-order valence-corrected chi connectivity index (χ1v) is 8.99. The highest BCUT2D eigenvalue weighted by molar-refractivity contribution is 7.89. The third-order valence-corrected chi connectivity index (χ3v) is 4.93. The van der Waals surface area contributed by atoms with Crippen LogP contribution in [-0.2, 0) is 14.8 Å². The Bertz CT molecular complexity index is 838. The minimum absolute atomic E-state index is 0.0258. The van der Waals surface area contributed by atoms with Crippen molar-refractivity contribution in [3.63, 3.8) is 0 Å². The molecule has 0 aliphatic rings. The van der Waals surface area contributed by atoms with Crippen molar-refractivity contribution in [1.29, 1.82) is 0 Å². The molecule has 1 atom stereocenters. The van der Waals surface area contributed by atoms with E-state index in [0.29, 0.717) is 0 Å². The van der Waals surface area contributed by atoms with Crippen molar-refractivity contribution in [3.05, 3.63) is 59.9 Å². The van der Waals surface area contributed by atoms with Gasteiger partial charge < -0.3 is 10.1 Å². The molecule has 2 aromatic rings. The largest absolute Gasteiger partial charge is 0.383 e. The van der Waals surface area contributed by atoms with Crippen molar-refractivity contribution in [2.24, 2.45) is 0 Å². The topological polar surface area (TPSA) is 84.5 Å². The second kappa shape index (κ2) is 8.19. The summed E-state index contributed by atoms with van der Waals surface area (Å²) in [6.45, 7) is 1.92. The van der Waals surface area contributed by atoms with Gasteiger partial charge in [0.25, 0.3) is 5.91 Å². The Morgan fingerprint density at radius 1 is 1.16 bits per heavy atom. The molecule has 0 radical (unpaired) electrons. The molecule has 0 unspecified atom stereocenters. The Balaban J connectivity index is 2.11. The number of rotatable bonds is 7. The number of anilines is 1. The molecule has 0 heterocycles.